The van der Waals surface area contributed by atoms with Gasteiger partial charge in [-0.3, -0.25) is 4.90 Å². The van der Waals surface area contributed by atoms with Gasteiger partial charge in [0.1, 0.15) is 5.82 Å². The lowest BCUT2D eigenvalue weighted by Gasteiger charge is -2.43. The second-order valence-corrected chi connectivity index (χ2v) is 6.84. The predicted molar refractivity (Wildman–Crippen MR) is 86.9 cm³/mol. The number of piperidine rings is 1. The van der Waals surface area contributed by atoms with E-state index in [1.54, 1.807) is 7.11 Å². The quantitative estimate of drug-likeness (QED) is 0.821. The van der Waals surface area contributed by atoms with Gasteiger partial charge in [-0.05, 0) is 30.9 Å². The molecule has 1 N–H and O–H groups in total. The van der Waals surface area contributed by atoms with Crippen LogP contribution < -0.4 is 0 Å². The van der Waals surface area contributed by atoms with Crippen LogP contribution in [0.15, 0.2) is 12.1 Å². The molecule has 0 amide bonds. The van der Waals surface area contributed by atoms with Crippen LogP contribution in [0, 0.1) is 11.7 Å². The minimum absolute atomic E-state index is 0.0809. The molecule has 0 spiro atoms. The Morgan fingerprint density at radius 1 is 1.45 bits per heavy atom. The monoisotopic (exact) mass is 349 g/mol. The lowest BCUT2D eigenvalue weighted by Crippen LogP contribution is -2.51. The van der Waals surface area contributed by atoms with E-state index in [0.29, 0.717) is 49.7 Å². The van der Waals surface area contributed by atoms with Gasteiger partial charge in [-0.1, -0.05) is 30.1 Å². The molecule has 1 aliphatic rings. The van der Waals surface area contributed by atoms with Crippen LogP contribution in [0.3, 0.4) is 0 Å². The molecule has 0 unspecified atom stereocenters. The molecule has 2 rings (SSSR count). The summed E-state index contributed by atoms with van der Waals surface area (Å²) in [4.78, 5) is 2.10. The highest BCUT2D eigenvalue weighted by Crippen LogP contribution is 2.34. The standard InChI is InChI=1S/C16H22Cl2FNO2/c1-11-9-20(7-5-16(11,21)6-8-22-2)10-12-14(19)4-3-13(17)15(12)18/h3-4,11,21H,5-10H2,1-2H3/t11-,16-/m0/s1. The number of rotatable bonds is 5. The summed E-state index contributed by atoms with van der Waals surface area (Å²) in [5.74, 6) is -0.264. The summed E-state index contributed by atoms with van der Waals surface area (Å²) in [6.45, 7) is 4.32. The highest BCUT2D eigenvalue weighted by Gasteiger charge is 2.38. The van der Waals surface area contributed by atoms with E-state index in [-0.39, 0.29) is 16.8 Å². The van der Waals surface area contributed by atoms with Crippen LogP contribution in [-0.2, 0) is 11.3 Å². The van der Waals surface area contributed by atoms with Crippen molar-refractivity contribution in [3.8, 4) is 0 Å². The number of halogens is 3. The van der Waals surface area contributed by atoms with Crippen LogP contribution >= 0.6 is 23.2 Å². The molecule has 0 aromatic heterocycles. The Labute approximate surface area is 141 Å². The van der Waals surface area contributed by atoms with Crippen molar-refractivity contribution in [3.63, 3.8) is 0 Å². The van der Waals surface area contributed by atoms with E-state index in [2.05, 4.69) is 4.90 Å². The minimum Gasteiger partial charge on any atom is -0.389 e. The van der Waals surface area contributed by atoms with Gasteiger partial charge in [0.25, 0.3) is 0 Å². The fourth-order valence-electron chi connectivity index (χ4n) is 2.98. The fraction of sp³-hybridized carbons (Fsp3) is 0.625. The van der Waals surface area contributed by atoms with Gasteiger partial charge in [-0.2, -0.15) is 0 Å². The summed E-state index contributed by atoms with van der Waals surface area (Å²) in [6, 6.07) is 2.80. The molecule has 1 saturated heterocycles. The maximum atomic E-state index is 14.0. The molecule has 0 radical (unpaired) electrons. The fourth-order valence-corrected chi connectivity index (χ4v) is 3.37. The van der Waals surface area contributed by atoms with Gasteiger partial charge in [0.15, 0.2) is 0 Å². The number of aliphatic hydroxyl groups is 1. The Hall–Kier alpha value is -0.390. The zero-order valence-corrected chi connectivity index (χ0v) is 14.4. The smallest absolute Gasteiger partial charge is 0.129 e. The molecule has 1 aliphatic heterocycles. The van der Waals surface area contributed by atoms with E-state index in [1.807, 2.05) is 6.92 Å². The molecule has 1 fully saturated rings. The van der Waals surface area contributed by atoms with Crippen LogP contribution in [0.25, 0.3) is 0 Å². The molecule has 1 aromatic rings. The average molecular weight is 350 g/mol. The summed E-state index contributed by atoms with van der Waals surface area (Å²) in [5.41, 5.74) is -0.299. The average Bonchev–Trinajstić information content (AvgIpc) is 2.49. The molecule has 0 aliphatic carbocycles. The molecule has 0 bridgehead atoms. The molecular weight excluding hydrogens is 328 g/mol. The summed E-state index contributed by atoms with van der Waals surface area (Å²) >= 11 is 12.1. The normalized spacial score (nSPS) is 26.4. The van der Waals surface area contributed by atoms with Gasteiger partial charge in [0.05, 0.1) is 15.6 Å². The summed E-state index contributed by atoms with van der Waals surface area (Å²) in [7, 11) is 1.63. The van der Waals surface area contributed by atoms with Gasteiger partial charge >= 0.3 is 0 Å². The van der Waals surface area contributed by atoms with Crippen molar-refractivity contribution < 1.29 is 14.2 Å². The molecule has 2 atom stereocenters. The van der Waals surface area contributed by atoms with Crippen molar-refractivity contribution in [3.05, 3.63) is 33.6 Å². The van der Waals surface area contributed by atoms with Crippen molar-refractivity contribution in [2.24, 2.45) is 5.92 Å². The molecule has 1 heterocycles. The number of hydrogen-bond acceptors (Lipinski definition) is 3. The maximum absolute atomic E-state index is 14.0. The van der Waals surface area contributed by atoms with E-state index in [0.717, 1.165) is 0 Å². The number of hydrogen-bond donors (Lipinski definition) is 1. The van der Waals surface area contributed by atoms with Crippen LogP contribution in [0.4, 0.5) is 4.39 Å². The van der Waals surface area contributed by atoms with Crippen LogP contribution in [0.1, 0.15) is 25.3 Å². The van der Waals surface area contributed by atoms with Crippen LogP contribution in [-0.4, -0.2) is 42.4 Å². The van der Waals surface area contributed by atoms with Crippen molar-refractivity contribution >= 4 is 23.2 Å². The van der Waals surface area contributed by atoms with Crippen LogP contribution in [0.5, 0.6) is 0 Å². The number of likely N-dealkylation sites (tertiary alicyclic amines) is 1. The van der Waals surface area contributed by atoms with E-state index in [4.69, 9.17) is 27.9 Å². The van der Waals surface area contributed by atoms with Crippen molar-refractivity contribution in [1.82, 2.24) is 4.90 Å². The van der Waals surface area contributed by atoms with Crippen molar-refractivity contribution in [2.75, 3.05) is 26.8 Å². The first-order valence-corrected chi connectivity index (χ1v) is 8.19. The topological polar surface area (TPSA) is 32.7 Å². The molecule has 6 heteroatoms. The summed E-state index contributed by atoms with van der Waals surface area (Å²) in [5, 5.41) is 11.3. The van der Waals surface area contributed by atoms with Gasteiger partial charge < -0.3 is 9.84 Å². The first-order valence-electron chi connectivity index (χ1n) is 7.43. The second kappa shape index (κ2) is 7.45. The van der Waals surface area contributed by atoms with E-state index in [9.17, 15) is 9.50 Å². The number of nitrogens with zero attached hydrogens (tertiary/aromatic N) is 1. The minimum atomic E-state index is -0.719. The molecular formula is C16H22Cl2FNO2. The third-order valence-corrected chi connectivity index (χ3v) is 5.41. The highest BCUT2D eigenvalue weighted by atomic mass is 35.5. The first-order chi connectivity index (χ1) is 10.4. The Balaban J connectivity index is 2.04. The first kappa shape index (κ1) is 18.0. The van der Waals surface area contributed by atoms with E-state index in [1.165, 1.54) is 12.1 Å². The van der Waals surface area contributed by atoms with E-state index >= 15 is 0 Å². The van der Waals surface area contributed by atoms with Crippen molar-refractivity contribution in [1.29, 1.82) is 0 Å². The lowest BCUT2D eigenvalue weighted by molar-refractivity contribution is -0.0828. The highest BCUT2D eigenvalue weighted by molar-refractivity contribution is 6.42. The maximum Gasteiger partial charge on any atom is 0.129 e. The Bertz CT molecular complexity index is 529. The Morgan fingerprint density at radius 3 is 2.82 bits per heavy atom. The second-order valence-electron chi connectivity index (χ2n) is 6.05. The summed E-state index contributed by atoms with van der Waals surface area (Å²) < 4.78 is 19.0. The van der Waals surface area contributed by atoms with Crippen molar-refractivity contribution in [2.45, 2.75) is 31.9 Å². The largest absolute Gasteiger partial charge is 0.389 e. The predicted octanol–water partition coefficient (Wildman–Crippen LogP) is 3.74. The van der Waals surface area contributed by atoms with Gasteiger partial charge in [-0.25, -0.2) is 4.39 Å². The zero-order valence-electron chi connectivity index (χ0n) is 12.9. The SMILES string of the molecule is COCC[C@@]1(O)CCN(Cc2c(F)ccc(Cl)c2Cl)C[C@@H]1C. The number of ether oxygens (including phenoxy) is 1. The third-order valence-electron chi connectivity index (χ3n) is 4.57. The molecule has 124 valence electrons. The lowest BCUT2D eigenvalue weighted by atomic mass is 9.80. The van der Waals surface area contributed by atoms with Crippen LogP contribution in [0.2, 0.25) is 10.0 Å². The Kier molecular flexibility index (Phi) is 6.08. The number of benzene rings is 1. The van der Waals surface area contributed by atoms with Gasteiger partial charge in [-0.15, -0.1) is 0 Å². The molecule has 0 saturated carbocycles. The third kappa shape index (κ3) is 3.92. The molecule has 1 aromatic carbocycles. The molecule has 22 heavy (non-hydrogen) atoms. The van der Waals surface area contributed by atoms with Gasteiger partial charge in [0.2, 0.25) is 0 Å². The van der Waals surface area contributed by atoms with Gasteiger partial charge in [0, 0.05) is 38.9 Å². The Morgan fingerprint density at radius 2 is 2.18 bits per heavy atom. The zero-order chi connectivity index (χ0) is 16.3. The number of methoxy groups -OCH3 is 1. The summed E-state index contributed by atoms with van der Waals surface area (Å²) in [6.07, 6.45) is 1.25. The van der Waals surface area contributed by atoms with E-state index < -0.39 is 5.60 Å². The molecule has 3 nitrogen and oxygen atoms in total.